The van der Waals surface area contributed by atoms with Crippen LogP contribution in [-0.4, -0.2) is 12.6 Å². The molecule has 2 aromatic carbocycles. The minimum Gasteiger partial charge on any atom is -0.462 e. The molecule has 0 fully saturated rings. The SMILES string of the molecule is Nc1cc(C(=O)OCCCCc2ccccc2)ccc1Cl. The molecule has 21 heavy (non-hydrogen) atoms. The second-order valence-electron chi connectivity index (χ2n) is 4.81. The molecule has 110 valence electrons. The number of nitrogen functional groups attached to an aromatic ring is 1. The lowest BCUT2D eigenvalue weighted by atomic mass is 10.1. The van der Waals surface area contributed by atoms with E-state index in [4.69, 9.17) is 22.1 Å². The Morgan fingerprint density at radius 3 is 2.57 bits per heavy atom. The third-order valence-corrected chi connectivity index (χ3v) is 3.51. The summed E-state index contributed by atoms with van der Waals surface area (Å²) in [6.45, 7) is 0.411. The number of halogens is 1. The van der Waals surface area contributed by atoms with Crippen LogP contribution in [-0.2, 0) is 11.2 Å². The smallest absolute Gasteiger partial charge is 0.338 e. The molecule has 0 aromatic heterocycles. The highest BCUT2D eigenvalue weighted by Crippen LogP contribution is 2.20. The van der Waals surface area contributed by atoms with Gasteiger partial charge in [0.1, 0.15) is 0 Å². The van der Waals surface area contributed by atoms with E-state index in [0.29, 0.717) is 22.9 Å². The average Bonchev–Trinajstić information content (AvgIpc) is 2.50. The standard InChI is InChI=1S/C17H18ClNO2/c18-15-10-9-14(12-16(15)19)17(20)21-11-5-4-8-13-6-2-1-3-7-13/h1-3,6-7,9-10,12H,4-5,8,11,19H2. The van der Waals surface area contributed by atoms with E-state index < -0.39 is 0 Å². The first-order valence-electron chi connectivity index (χ1n) is 6.93. The third kappa shape index (κ3) is 4.80. The van der Waals surface area contributed by atoms with Crippen LogP contribution in [0.5, 0.6) is 0 Å². The zero-order chi connectivity index (χ0) is 15.1. The molecule has 0 aliphatic carbocycles. The van der Waals surface area contributed by atoms with Crippen LogP contribution in [0.25, 0.3) is 0 Å². The summed E-state index contributed by atoms with van der Waals surface area (Å²) in [6, 6.07) is 15.0. The molecule has 2 N–H and O–H groups in total. The van der Waals surface area contributed by atoms with Crippen molar-refractivity contribution in [3.63, 3.8) is 0 Å². The van der Waals surface area contributed by atoms with Gasteiger partial charge in [-0.3, -0.25) is 0 Å². The summed E-state index contributed by atoms with van der Waals surface area (Å²) in [5.41, 5.74) is 7.77. The van der Waals surface area contributed by atoms with E-state index >= 15 is 0 Å². The van der Waals surface area contributed by atoms with Gasteiger partial charge in [0, 0.05) is 0 Å². The van der Waals surface area contributed by atoms with E-state index in [-0.39, 0.29) is 5.97 Å². The molecule has 0 heterocycles. The highest BCUT2D eigenvalue weighted by Gasteiger charge is 2.08. The van der Waals surface area contributed by atoms with Gasteiger partial charge in [-0.15, -0.1) is 0 Å². The third-order valence-electron chi connectivity index (χ3n) is 3.17. The van der Waals surface area contributed by atoms with Crippen molar-refractivity contribution < 1.29 is 9.53 Å². The van der Waals surface area contributed by atoms with Crippen LogP contribution in [0.2, 0.25) is 5.02 Å². The minimum absolute atomic E-state index is 0.363. The van der Waals surface area contributed by atoms with Crippen molar-refractivity contribution in [3.8, 4) is 0 Å². The maximum absolute atomic E-state index is 11.8. The number of ether oxygens (including phenoxy) is 1. The van der Waals surface area contributed by atoms with Gasteiger partial charge in [-0.25, -0.2) is 4.79 Å². The van der Waals surface area contributed by atoms with Gasteiger partial charge in [-0.05, 0) is 43.0 Å². The zero-order valence-electron chi connectivity index (χ0n) is 11.7. The Balaban J connectivity index is 1.71. The van der Waals surface area contributed by atoms with Crippen molar-refractivity contribution in [2.24, 2.45) is 0 Å². The predicted molar refractivity (Wildman–Crippen MR) is 85.5 cm³/mol. The van der Waals surface area contributed by atoms with E-state index in [1.807, 2.05) is 18.2 Å². The van der Waals surface area contributed by atoms with Crippen molar-refractivity contribution in [2.75, 3.05) is 12.3 Å². The van der Waals surface area contributed by atoms with Crippen molar-refractivity contribution in [2.45, 2.75) is 19.3 Å². The molecule has 4 heteroatoms. The van der Waals surface area contributed by atoms with E-state index in [2.05, 4.69) is 12.1 Å². The van der Waals surface area contributed by atoms with Gasteiger partial charge in [-0.1, -0.05) is 41.9 Å². The Bertz CT molecular complexity index is 599. The van der Waals surface area contributed by atoms with Crippen LogP contribution in [0.4, 0.5) is 5.69 Å². The molecule has 0 unspecified atom stereocenters. The predicted octanol–water partition coefficient (Wildman–Crippen LogP) is 4.10. The van der Waals surface area contributed by atoms with Gasteiger partial charge in [0.05, 0.1) is 22.9 Å². The molecular weight excluding hydrogens is 286 g/mol. The highest BCUT2D eigenvalue weighted by molar-refractivity contribution is 6.33. The van der Waals surface area contributed by atoms with Crippen molar-refractivity contribution >= 4 is 23.3 Å². The Hall–Kier alpha value is -2.00. The van der Waals surface area contributed by atoms with E-state index in [0.717, 1.165) is 19.3 Å². The summed E-state index contributed by atoms with van der Waals surface area (Å²) >= 11 is 5.81. The Morgan fingerprint density at radius 2 is 1.86 bits per heavy atom. The molecule has 0 spiro atoms. The lowest BCUT2D eigenvalue weighted by Gasteiger charge is -2.06. The number of anilines is 1. The fraction of sp³-hybridized carbons (Fsp3) is 0.235. The quantitative estimate of drug-likeness (QED) is 0.496. The van der Waals surface area contributed by atoms with Gasteiger partial charge in [0.25, 0.3) is 0 Å². The van der Waals surface area contributed by atoms with Gasteiger partial charge in [-0.2, -0.15) is 0 Å². The Kier molecular flexibility index (Phi) is 5.64. The molecule has 0 saturated heterocycles. The number of hydrogen-bond donors (Lipinski definition) is 1. The van der Waals surface area contributed by atoms with Crippen LogP contribution in [0, 0.1) is 0 Å². The van der Waals surface area contributed by atoms with E-state index in [1.165, 1.54) is 11.6 Å². The molecule has 0 atom stereocenters. The highest BCUT2D eigenvalue weighted by atomic mass is 35.5. The normalized spacial score (nSPS) is 10.3. The molecule has 0 aliphatic heterocycles. The van der Waals surface area contributed by atoms with Crippen LogP contribution < -0.4 is 5.73 Å². The lowest BCUT2D eigenvalue weighted by Crippen LogP contribution is -2.07. The van der Waals surface area contributed by atoms with Gasteiger partial charge >= 0.3 is 5.97 Å². The number of rotatable bonds is 6. The molecule has 0 amide bonds. The van der Waals surface area contributed by atoms with Crippen LogP contribution in [0.1, 0.15) is 28.8 Å². The van der Waals surface area contributed by atoms with Crippen molar-refractivity contribution in [3.05, 3.63) is 64.7 Å². The number of hydrogen-bond acceptors (Lipinski definition) is 3. The molecule has 2 aromatic rings. The maximum atomic E-state index is 11.8. The molecule has 0 saturated carbocycles. The maximum Gasteiger partial charge on any atom is 0.338 e. The summed E-state index contributed by atoms with van der Waals surface area (Å²) in [7, 11) is 0. The zero-order valence-corrected chi connectivity index (χ0v) is 12.5. The first kappa shape index (κ1) is 15.4. The average molecular weight is 304 g/mol. The van der Waals surface area contributed by atoms with Crippen molar-refractivity contribution in [1.82, 2.24) is 0 Å². The molecule has 0 aliphatic rings. The molecule has 3 nitrogen and oxygen atoms in total. The van der Waals surface area contributed by atoms with Crippen LogP contribution in [0.3, 0.4) is 0 Å². The second kappa shape index (κ2) is 7.70. The van der Waals surface area contributed by atoms with Gasteiger partial charge in [0.15, 0.2) is 0 Å². The molecule has 2 rings (SSSR count). The van der Waals surface area contributed by atoms with Crippen molar-refractivity contribution in [1.29, 1.82) is 0 Å². The fourth-order valence-corrected chi connectivity index (χ4v) is 2.11. The second-order valence-corrected chi connectivity index (χ2v) is 5.22. The van der Waals surface area contributed by atoms with E-state index in [9.17, 15) is 4.79 Å². The summed E-state index contributed by atoms with van der Waals surface area (Å²) in [6.07, 6.45) is 2.82. The summed E-state index contributed by atoms with van der Waals surface area (Å²) in [4.78, 5) is 11.8. The number of esters is 1. The summed E-state index contributed by atoms with van der Waals surface area (Å²) in [5, 5.41) is 0.439. The van der Waals surface area contributed by atoms with Gasteiger partial charge < -0.3 is 10.5 Å². The number of benzene rings is 2. The number of unbranched alkanes of at least 4 members (excludes halogenated alkanes) is 1. The Labute approximate surface area is 129 Å². The van der Waals surface area contributed by atoms with E-state index in [1.54, 1.807) is 12.1 Å². The molecule has 0 bridgehead atoms. The van der Waals surface area contributed by atoms with Crippen LogP contribution in [0.15, 0.2) is 48.5 Å². The summed E-state index contributed by atoms with van der Waals surface area (Å²) < 4.78 is 5.22. The fourth-order valence-electron chi connectivity index (χ4n) is 1.99. The minimum atomic E-state index is -0.363. The monoisotopic (exact) mass is 303 g/mol. The van der Waals surface area contributed by atoms with Crippen LogP contribution >= 0.6 is 11.6 Å². The number of carbonyl (C=O) groups is 1. The molecular formula is C17H18ClNO2. The summed E-state index contributed by atoms with van der Waals surface area (Å²) in [5.74, 6) is -0.363. The largest absolute Gasteiger partial charge is 0.462 e. The number of nitrogens with two attached hydrogens (primary N) is 1. The molecule has 0 radical (unpaired) electrons. The first-order valence-corrected chi connectivity index (χ1v) is 7.30. The lowest BCUT2D eigenvalue weighted by molar-refractivity contribution is 0.0498. The van der Waals surface area contributed by atoms with Gasteiger partial charge in [0.2, 0.25) is 0 Å². The Morgan fingerprint density at radius 1 is 1.10 bits per heavy atom. The number of aryl methyl sites for hydroxylation is 1. The number of carbonyl (C=O) groups excluding carboxylic acids is 1. The topological polar surface area (TPSA) is 52.3 Å². The first-order chi connectivity index (χ1) is 10.2.